The van der Waals surface area contributed by atoms with E-state index in [1.165, 1.54) is 17.1 Å². The van der Waals surface area contributed by atoms with E-state index in [0.717, 1.165) is 25.3 Å². The number of hydrogen-bond acceptors (Lipinski definition) is 4. The maximum atomic E-state index is 11.7. The second kappa shape index (κ2) is 7.53. The van der Waals surface area contributed by atoms with Crippen LogP contribution in [0.1, 0.15) is 5.56 Å². The van der Waals surface area contributed by atoms with Crippen LogP contribution in [0.15, 0.2) is 24.3 Å². The number of carbonyl (C=O) groups excluding carboxylic acids is 1. The van der Waals surface area contributed by atoms with E-state index in [1.807, 2.05) is 30.0 Å². The number of rotatable bonds is 5. The number of hydrogen-bond donors (Lipinski definition) is 2. The molecule has 0 unspecified atom stereocenters. The summed E-state index contributed by atoms with van der Waals surface area (Å²) in [4.78, 5) is 14.1. The number of thioether (sulfide) groups is 1. The van der Waals surface area contributed by atoms with E-state index in [-0.39, 0.29) is 5.91 Å². The zero-order valence-corrected chi connectivity index (χ0v) is 12.1. The average molecular weight is 279 g/mol. The van der Waals surface area contributed by atoms with E-state index in [9.17, 15) is 4.79 Å². The smallest absolute Gasteiger partial charge is 0.238 e. The van der Waals surface area contributed by atoms with Gasteiger partial charge in [0.2, 0.25) is 5.91 Å². The molecular formula is C14H21N3OS. The molecule has 1 aromatic carbocycles. The zero-order chi connectivity index (χ0) is 13.5. The maximum Gasteiger partial charge on any atom is 0.238 e. The van der Waals surface area contributed by atoms with Gasteiger partial charge in [-0.2, -0.15) is 11.8 Å². The van der Waals surface area contributed by atoms with Crippen molar-refractivity contribution in [2.45, 2.75) is 6.54 Å². The predicted octanol–water partition coefficient (Wildman–Crippen LogP) is 1.39. The molecule has 1 fully saturated rings. The fourth-order valence-corrected chi connectivity index (χ4v) is 3.11. The maximum absolute atomic E-state index is 11.7. The molecule has 0 atom stereocenters. The summed E-state index contributed by atoms with van der Waals surface area (Å²) in [7, 11) is 1.77. The minimum atomic E-state index is 0.00384. The highest BCUT2D eigenvalue weighted by Crippen LogP contribution is 2.19. The first-order valence-electron chi connectivity index (χ1n) is 6.62. The molecule has 0 radical (unpaired) electrons. The van der Waals surface area contributed by atoms with Crippen LogP contribution in [-0.2, 0) is 11.3 Å². The van der Waals surface area contributed by atoms with Crippen molar-refractivity contribution in [1.29, 1.82) is 0 Å². The topological polar surface area (TPSA) is 44.4 Å². The molecule has 1 aromatic rings. The molecule has 2 rings (SSSR count). The highest BCUT2D eigenvalue weighted by Gasteiger charge is 2.13. The average Bonchev–Trinajstić information content (AvgIpc) is 2.42. The van der Waals surface area contributed by atoms with Crippen molar-refractivity contribution in [3.8, 4) is 0 Å². The van der Waals surface area contributed by atoms with Crippen LogP contribution in [0.3, 0.4) is 0 Å². The van der Waals surface area contributed by atoms with E-state index in [0.29, 0.717) is 6.54 Å². The number of anilines is 1. The van der Waals surface area contributed by atoms with Crippen molar-refractivity contribution in [1.82, 2.24) is 10.2 Å². The first-order valence-corrected chi connectivity index (χ1v) is 7.77. The third-order valence-corrected chi connectivity index (χ3v) is 4.07. The molecule has 104 valence electrons. The van der Waals surface area contributed by atoms with E-state index in [1.54, 1.807) is 7.05 Å². The van der Waals surface area contributed by atoms with Crippen LogP contribution < -0.4 is 10.6 Å². The Hall–Kier alpha value is -1.04. The van der Waals surface area contributed by atoms with E-state index in [4.69, 9.17) is 0 Å². The molecule has 0 bridgehead atoms. The summed E-state index contributed by atoms with van der Waals surface area (Å²) in [6.45, 7) is 3.51. The highest BCUT2D eigenvalue weighted by molar-refractivity contribution is 7.99. The van der Waals surface area contributed by atoms with Gasteiger partial charge < -0.3 is 10.6 Å². The zero-order valence-electron chi connectivity index (χ0n) is 11.3. The Morgan fingerprint density at radius 2 is 2.05 bits per heavy atom. The van der Waals surface area contributed by atoms with Gasteiger partial charge in [0.15, 0.2) is 0 Å². The van der Waals surface area contributed by atoms with Gasteiger partial charge in [-0.3, -0.25) is 9.69 Å². The lowest BCUT2D eigenvalue weighted by atomic mass is 10.1. The molecule has 19 heavy (non-hydrogen) atoms. The second-order valence-corrected chi connectivity index (χ2v) is 5.85. The van der Waals surface area contributed by atoms with E-state index >= 15 is 0 Å². The van der Waals surface area contributed by atoms with E-state index < -0.39 is 0 Å². The standard InChI is InChI=1S/C14H21N3OS/c1-15-10-14(18)16-13-5-3-2-4-12(13)11-17-6-8-19-9-7-17/h2-5,15H,6-11H2,1H3,(H,16,18). The number of benzene rings is 1. The summed E-state index contributed by atoms with van der Waals surface area (Å²) in [6, 6.07) is 8.06. The summed E-state index contributed by atoms with van der Waals surface area (Å²) in [5.41, 5.74) is 2.12. The molecule has 5 heteroatoms. The number of carbonyl (C=O) groups is 1. The molecule has 0 spiro atoms. The van der Waals surface area contributed by atoms with E-state index in [2.05, 4.69) is 21.6 Å². The third kappa shape index (κ3) is 4.53. The number of nitrogens with zero attached hydrogens (tertiary/aromatic N) is 1. The van der Waals surface area contributed by atoms with Gasteiger partial charge in [0.05, 0.1) is 6.54 Å². The number of amides is 1. The van der Waals surface area contributed by atoms with Crippen LogP contribution in [0, 0.1) is 0 Å². The van der Waals surface area contributed by atoms with Gasteiger partial charge in [-0.1, -0.05) is 18.2 Å². The summed E-state index contributed by atoms with van der Waals surface area (Å²) in [5, 5.41) is 5.83. The molecule has 2 N–H and O–H groups in total. The molecule has 0 aliphatic carbocycles. The van der Waals surface area contributed by atoms with Gasteiger partial charge in [0, 0.05) is 36.8 Å². The first-order chi connectivity index (χ1) is 9.29. The summed E-state index contributed by atoms with van der Waals surface area (Å²) in [6.07, 6.45) is 0. The number of nitrogens with one attached hydrogen (secondary N) is 2. The van der Waals surface area contributed by atoms with Crippen molar-refractivity contribution < 1.29 is 4.79 Å². The summed E-state index contributed by atoms with van der Waals surface area (Å²) >= 11 is 2.01. The minimum absolute atomic E-state index is 0.00384. The van der Waals surface area contributed by atoms with Crippen LogP contribution in [0.5, 0.6) is 0 Å². The van der Waals surface area contributed by atoms with Crippen molar-refractivity contribution in [3.63, 3.8) is 0 Å². The molecule has 1 heterocycles. The molecule has 4 nitrogen and oxygen atoms in total. The van der Waals surface area contributed by atoms with Crippen molar-refractivity contribution >= 4 is 23.4 Å². The predicted molar refractivity (Wildman–Crippen MR) is 81.6 cm³/mol. The van der Waals surface area contributed by atoms with Gasteiger partial charge in [-0.25, -0.2) is 0 Å². The van der Waals surface area contributed by atoms with Gasteiger partial charge in [-0.05, 0) is 18.7 Å². The van der Waals surface area contributed by atoms with Crippen molar-refractivity contribution in [3.05, 3.63) is 29.8 Å². The number of likely N-dealkylation sites (N-methyl/N-ethyl adjacent to an activating group) is 1. The summed E-state index contributed by atoms with van der Waals surface area (Å²) < 4.78 is 0. The quantitative estimate of drug-likeness (QED) is 0.855. The monoisotopic (exact) mass is 279 g/mol. The normalized spacial score (nSPS) is 16.3. The molecule has 0 aromatic heterocycles. The highest BCUT2D eigenvalue weighted by atomic mass is 32.2. The fourth-order valence-electron chi connectivity index (χ4n) is 2.14. The SMILES string of the molecule is CNCC(=O)Nc1ccccc1CN1CCSCC1. The van der Waals surface area contributed by atoms with Crippen LogP contribution >= 0.6 is 11.8 Å². The molecule has 1 amide bonds. The Morgan fingerprint density at radius 3 is 2.79 bits per heavy atom. The van der Waals surface area contributed by atoms with Gasteiger partial charge >= 0.3 is 0 Å². The minimum Gasteiger partial charge on any atom is -0.325 e. The second-order valence-electron chi connectivity index (χ2n) is 4.62. The Labute approximate surface area is 118 Å². The Bertz CT molecular complexity index is 419. The molecule has 1 aliphatic rings. The van der Waals surface area contributed by atoms with Crippen molar-refractivity contribution in [2.24, 2.45) is 0 Å². The van der Waals surface area contributed by atoms with Gasteiger partial charge in [0.1, 0.15) is 0 Å². The number of para-hydroxylation sites is 1. The van der Waals surface area contributed by atoms with Crippen LogP contribution in [0.25, 0.3) is 0 Å². The van der Waals surface area contributed by atoms with Gasteiger partial charge in [0.25, 0.3) is 0 Å². The Morgan fingerprint density at radius 1 is 1.32 bits per heavy atom. The molecular weight excluding hydrogens is 258 g/mol. The van der Waals surface area contributed by atoms with Crippen LogP contribution in [-0.4, -0.2) is 49.0 Å². The van der Waals surface area contributed by atoms with Gasteiger partial charge in [-0.15, -0.1) is 0 Å². The first kappa shape index (κ1) is 14.4. The lowest BCUT2D eigenvalue weighted by Gasteiger charge is -2.27. The van der Waals surface area contributed by atoms with Crippen LogP contribution in [0.2, 0.25) is 0 Å². The third-order valence-electron chi connectivity index (χ3n) is 3.13. The molecule has 0 saturated carbocycles. The van der Waals surface area contributed by atoms with Crippen LogP contribution in [0.4, 0.5) is 5.69 Å². The Balaban J connectivity index is 2.00. The lowest BCUT2D eigenvalue weighted by Crippen LogP contribution is -2.32. The molecule has 1 saturated heterocycles. The lowest BCUT2D eigenvalue weighted by molar-refractivity contribution is -0.115. The Kier molecular flexibility index (Phi) is 5.69. The fraction of sp³-hybridized carbons (Fsp3) is 0.500. The largest absolute Gasteiger partial charge is 0.325 e. The van der Waals surface area contributed by atoms with Crippen molar-refractivity contribution in [2.75, 3.05) is 43.5 Å². The summed E-state index contributed by atoms with van der Waals surface area (Å²) in [5.74, 6) is 2.41. The molecule has 1 aliphatic heterocycles.